The van der Waals surface area contributed by atoms with Gasteiger partial charge >= 0.3 is 0 Å². The van der Waals surface area contributed by atoms with E-state index >= 15 is 0 Å². The van der Waals surface area contributed by atoms with Crippen molar-refractivity contribution in [3.8, 4) is 0 Å². The average molecular weight is 163 g/mol. The van der Waals surface area contributed by atoms with E-state index in [2.05, 4.69) is 0 Å². The molecule has 0 saturated heterocycles. The van der Waals surface area contributed by atoms with Gasteiger partial charge in [0.1, 0.15) is 0 Å². The highest BCUT2D eigenvalue weighted by Gasteiger charge is 2.28. The van der Waals surface area contributed by atoms with Gasteiger partial charge in [0.25, 0.3) is 5.91 Å². The lowest BCUT2D eigenvalue weighted by Gasteiger charge is -2.31. The first-order valence-corrected chi connectivity index (χ1v) is 3.84. The molecule has 0 fully saturated rings. The minimum atomic E-state index is -0.351. The number of nitrogens with zero attached hydrogens (tertiary/aromatic N) is 1. The van der Waals surface area contributed by atoms with Gasteiger partial charge in [-0.1, -0.05) is 30.4 Å². The van der Waals surface area contributed by atoms with Crippen LogP contribution < -0.4 is 0 Å². The summed E-state index contributed by atoms with van der Waals surface area (Å²) in [5.74, 6) is -0.228. The fourth-order valence-corrected chi connectivity index (χ4v) is 1.45. The predicted molar refractivity (Wildman–Crippen MR) is 43.3 cm³/mol. The minimum Gasteiger partial charge on any atom is -0.285 e. The Bertz CT molecular complexity index is 291. The van der Waals surface area contributed by atoms with Gasteiger partial charge in [-0.15, -0.1) is 0 Å². The first-order valence-electron chi connectivity index (χ1n) is 3.84. The third kappa shape index (κ3) is 0.987. The maximum absolute atomic E-state index is 11.0. The number of rotatable bonds is 0. The molecule has 0 aromatic carbocycles. The molecule has 1 aliphatic heterocycles. The molecule has 12 heavy (non-hydrogen) atoms. The van der Waals surface area contributed by atoms with E-state index < -0.39 is 0 Å². The van der Waals surface area contributed by atoms with E-state index in [0.29, 0.717) is 0 Å². The molecule has 3 nitrogen and oxygen atoms in total. The number of carbonyl (C=O) groups is 1. The highest BCUT2D eigenvalue weighted by atomic mass is 16.5. The number of carbonyl (C=O) groups excluding carboxylic acids is 1. The second kappa shape index (κ2) is 2.60. The van der Waals surface area contributed by atoms with E-state index in [4.69, 9.17) is 0 Å². The molecular formula is C9H9NO2. The van der Waals surface area contributed by atoms with Gasteiger partial charge in [0.05, 0.1) is 6.04 Å². The zero-order valence-corrected chi connectivity index (χ0v) is 6.42. The Labute approximate surface area is 70.2 Å². The van der Waals surface area contributed by atoms with E-state index in [1.165, 1.54) is 6.08 Å². The zero-order chi connectivity index (χ0) is 8.55. The van der Waals surface area contributed by atoms with Crippen LogP contribution in [-0.2, 0) is 4.79 Å². The molecule has 0 saturated carbocycles. The van der Waals surface area contributed by atoms with Crippen LogP contribution in [0.4, 0.5) is 0 Å². The van der Waals surface area contributed by atoms with Crippen molar-refractivity contribution < 1.29 is 10.0 Å². The summed E-state index contributed by atoms with van der Waals surface area (Å²) in [5.41, 5.74) is 0. The summed E-state index contributed by atoms with van der Waals surface area (Å²) in [6.45, 7) is 0. The van der Waals surface area contributed by atoms with Crippen molar-refractivity contribution in [3.05, 3.63) is 36.5 Å². The molecule has 1 amide bonds. The summed E-state index contributed by atoms with van der Waals surface area (Å²) in [7, 11) is 0. The van der Waals surface area contributed by atoms with Gasteiger partial charge in [-0.2, -0.15) is 0 Å². The van der Waals surface area contributed by atoms with Gasteiger partial charge in [0.15, 0.2) is 0 Å². The molecule has 62 valence electrons. The van der Waals surface area contributed by atoms with Crippen LogP contribution in [0.1, 0.15) is 0 Å². The minimum absolute atomic E-state index is 0.123. The van der Waals surface area contributed by atoms with E-state index in [-0.39, 0.29) is 17.9 Å². The number of amides is 1. The quantitative estimate of drug-likeness (QED) is 0.538. The molecule has 1 heterocycles. The molecule has 0 spiro atoms. The Balaban J connectivity index is 2.33. The molecule has 2 unspecified atom stereocenters. The third-order valence-electron chi connectivity index (χ3n) is 2.12. The summed E-state index contributed by atoms with van der Waals surface area (Å²) in [6.07, 6.45) is 10.7. The molecule has 1 N–H and O–H groups in total. The van der Waals surface area contributed by atoms with Crippen molar-refractivity contribution in [2.75, 3.05) is 0 Å². The summed E-state index contributed by atoms with van der Waals surface area (Å²) in [5, 5.41) is 10.1. The van der Waals surface area contributed by atoms with Crippen LogP contribution in [0, 0.1) is 5.92 Å². The van der Waals surface area contributed by atoms with Crippen LogP contribution in [0.3, 0.4) is 0 Å². The number of hydroxylamine groups is 2. The normalized spacial score (nSPS) is 32.4. The first-order chi connectivity index (χ1) is 5.79. The van der Waals surface area contributed by atoms with Crippen molar-refractivity contribution in [2.24, 2.45) is 5.92 Å². The predicted octanol–water partition coefficient (Wildman–Crippen LogP) is 0.885. The van der Waals surface area contributed by atoms with Crippen LogP contribution in [0.25, 0.3) is 0 Å². The van der Waals surface area contributed by atoms with Crippen molar-refractivity contribution in [1.82, 2.24) is 5.06 Å². The van der Waals surface area contributed by atoms with Crippen molar-refractivity contribution in [3.63, 3.8) is 0 Å². The van der Waals surface area contributed by atoms with Crippen LogP contribution in [0.15, 0.2) is 36.5 Å². The monoisotopic (exact) mass is 163 g/mol. The Morgan fingerprint density at radius 3 is 2.83 bits per heavy atom. The van der Waals surface area contributed by atoms with Crippen LogP contribution >= 0.6 is 0 Å². The summed E-state index contributed by atoms with van der Waals surface area (Å²) in [4.78, 5) is 11.0. The number of allylic oxidation sites excluding steroid dienone is 2. The standard InChI is InChI=1S/C9H9NO2/c11-9-6-5-7-3-1-2-4-8(7)10(9)12/h1-8,12H. The molecule has 0 bridgehead atoms. The lowest BCUT2D eigenvalue weighted by Crippen LogP contribution is -2.42. The molecule has 3 heteroatoms. The third-order valence-corrected chi connectivity index (χ3v) is 2.12. The highest BCUT2D eigenvalue weighted by molar-refractivity contribution is 5.88. The van der Waals surface area contributed by atoms with Gasteiger partial charge in [-0.25, -0.2) is 5.06 Å². The second-order valence-corrected chi connectivity index (χ2v) is 2.88. The molecule has 0 aromatic heterocycles. The topological polar surface area (TPSA) is 40.5 Å². The highest BCUT2D eigenvalue weighted by Crippen LogP contribution is 2.22. The molecule has 2 aliphatic rings. The largest absolute Gasteiger partial charge is 0.285 e. The summed E-state index contributed by atoms with van der Waals surface area (Å²) >= 11 is 0. The lowest BCUT2D eigenvalue weighted by atomic mass is 9.92. The summed E-state index contributed by atoms with van der Waals surface area (Å²) in [6, 6.07) is -0.215. The fourth-order valence-electron chi connectivity index (χ4n) is 1.45. The van der Waals surface area contributed by atoms with Crippen molar-refractivity contribution in [1.29, 1.82) is 0 Å². The van der Waals surface area contributed by atoms with E-state index in [0.717, 1.165) is 5.06 Å². The average Bonchev–Trinajstić information content (AvgIpc) is 2.12. The molecule has 1 aliphatic carbocycles. The maximum atomic E-state index is 11.0. The van der Waals surface area contributed by atoms with Crippen molar-refractivity contribution >= 4 is 5.91 Å². The van der Waals surface area contributed by atoms with E-state index in [9.17, 15) is 10.0 Å². The van der Waals surface area contributed by atoms with Gasteiger partial charge in [-0.05, 0) is 0 Å². The van der Waals surface area contributed by atoms with Crippen LogP contribution in [0.2, 0.25) is 0 Å². The van der Waals surface area contributed by atoms with Crippen LogP contribution in [-0.4, -0.2) is 22.2 Å². The molecule has 0 aromatic rings. The number of hydrogen-bond donors (Lipinski definition) is 1. The van der Waals surface area contributed by atoms with Gasteiger partial charge in [0.2, 0.25) is 0 Å². The lowest BCUT2D eigenvalue weighted by molar-refractivity contribution is -0.169. The first kappa shape index (κ1) is 7.31. The Kier molecular flexibility index (Phi) is 1.59. The zero-order valence-electron chi connectivity index (χ0n) is 6.42. The molecule has 2 atom stereocenters. The fraction of sp³-hybridized carbons (Fsp3) is 0.222. The van der Waals surface area contributed by atoms with Gasteiger partial charge < -0.3 is 0 Å². The number of fused-ring (bicyclic) bond motifs is 1. The maximum Gasteiger partial charge on any atom is 0.270 e. The van der Waals surface area contributed by atoms with E-state index in [1.54, 1.807) is 6.08 Å². The van der Waals surface area contributed by atoms with E-state index in [1.807, 2.05) is 24.3 Å². The van der Waals surface area contributed by atoms with Crippen molar-refractivity contribution in [2.45, 2.75) is 6.04 Å². The Hall–Kier alpha value is -1.35. The Morgan fingerprint density at radius 2 is 2.00 bits per heavy atom. The molecular weight excluding hydrogens is 154 g/mol. The van der Waals surface area contributed by atoms with Crippen LogP contribution in [0.5, 0.6) is 0 Å². The number of hydrogen-bond acceptors (Lipinski definition) is 2. The van der Waals surface area contributed by atoms with Gasteiger partial charge in [0, 0.05) is 12.0 Å². The SMILES string of the molecule is O=C1C=CC2C=CC=CC2N1O. The molecule has 0 radical (unpaired) electrons. The van der Waals surface area contributed by atoms with Gasteiger partial charge in [-0.3, -0.25) is 10.0 Å². The second-order valence-electron chi connectivity index (χ2n) is 2.88. The summed E-state index contributed by atoms with van der Waals surface area (Å²) < 4.78 is 0. The Morgan fingerprint density at radius 1 is 1.25 bits per heavy atom. The molecule has 2 rings (SSSR count). The smallest absolute Gasteiger partial charge is 0.270 e.